The van der Waals surface area contributed by atoms with Crippen molar-refractivity contribution in [2.75, 3.05) is 12.9 Å². The quantitative estimate of drug-likeness (QED) is 0.553. The Morgan fingerprint density at radius 1 is 1.58 bits per heavy atom. The van der Waals surface area contributed by atoms with E-state index in [1.807, 2.05) is 0 Å². The van der Waals surface area contributed by atoms with Crippen molar-refractivity contribution in [2.45, 2.75) is 5.16 Å². The van der Waals surface area contributed by atoms with Gasteiger partial charge in [0.05, 0.1) is 4.47 Å². The van der Waals surface area contributed by atoms with Crippen LogP contribution in [0, 0.1) is 11.3 Å². The molecular weight excluding hydrogens is 422 g/mol. The maximum atomic E-state index is 12.1. The van der Waals surface area contributed by atoms with Crippen LogP contribution in [0.3, 0.4) is 0 Å². The lowest BCUT2D eigenvalue weighted by molar-refractivity contribution is -0.139. The van der Waals surface area contributed by atoms with E-state index in [1.54, 1.807) is 12.3 Å². The van der Waals surface area contributed by atoms with E-state index in [-0.39, 0.29) is 22.6 Å². The van der Waals surface area contributed by atoms with Gasteiger partial charge in [-0.1, -0.05) is 23.4 Å². The van der Waals surface area contributed by atoms with Gasteiger partial charge in [-0.3, -0.25) is 4.79 Å². The van der Waals surface area contributed by atoms with E-state index in [9.17, 15) is 14.9 Å². The fraction of sp³-hybridized carbons (Fsp3) is 0.143. The topological polar surface area (TPSA) is 116 Å². The minimum atomic E-state index is -1.17. The highest BCUT2D eigenvalue weighted by atomic mass is 79.9. The van der Waals surface area contributed by atoms with Crippen molar-refractivity contribution in [3.63, 3.8) is 0 Å². The van der Waals surface area contributed by atoms with Crippen LogP contribution in [-0.4, -0.2) is 33.9 Å². The molecule has 1 heterocycles. The molecule has 1 aromatic carbocycles. The number of halogens is 2. The maximum absolute atomic E-state index is 12.1. The summed E-state index contributed by atoms with van der Waals surface area (Å²) in [5.41, 5.74) is -0.517. The Balaban J connectivity index is 2.76. The van der Waals surface area contributed by atoms with Gasteiger partial charge in [0.1, 0.15) is 23.1 Å². The van der Waals surface area contributed by atoms with Crippen molar-refractivity contribution in [2.24, 2.45) is 0 Å². The molecule has 124 valence electrons. The molecule has 0 amide bonds. The number of nitrogens with one attached hydrogen (secondary N) is 1. The average molecular weight is 431 g/mol. The van der Waals surface area contributed by atoms with Gasteiger partial charge in [0, 0.05) is 10.6 Å². The molecule has 0 saturated carbocycles. The highest BCUT2D eigenvalue weighted by Crippen LogP contribution is 2.39. The van der Waals surface area contributed by atoms with Crippen LogP contribution in [-0.2, 0) is 4.79 Å². The molecule has 0 aliphatic heterocycles. The number of ether oxygens (including phenoxy) is 1. The molecule has 0 radical (unpaired) electrons. The number of aromatic amines is 1. The molecule has 0 unspecified atom stereocenters. The molecule has 0 aliphatic rings. The number of nitriles is 1. The van der Waals surface area contributed by atoms with Gasteiger partial charge in [-0.15, -0.1) is 0 Å². The predicted molar refractivity (Wildman–Crippen MR) is 92.6 cm³/mol. The monoisotopic (exact) mass is 429 g/mol. The zero-order valence-corrected chi connectivity index (χ0v) is 15.3. The molecule has 0 atom stereocenters. The first-order valence-corrected chi connectivity index (χ1v) is 8.69. The molecule has 0 bridgehead atoms. The van der Waals surface area contributed by atoms with Gasteiger partial charge in [0.25, 0.3) is 5.56 Å². The number of benzene rings is 1. The van der Waals surface area contributed by atoms with Gasteiger partial charge in [0.15, 0.2) is 11.8 Å². The number of aliphatic carboxylic acids is 1. The summed E-state index contributed by atoms with van der Waals surface area (Å²) in [6.07, 6.45) is 1.71. The lowest BCUT2D eigenvalue weighted by atomic mass is 10.1. The van der Waals surface area contributed by atoms with Gasteiger partial charge >= 0.3 is 5.97 Å². The van der Waals surface area contributed by atoms with Crippen LogP contribution < -0.4 is 10.3 Å². The van der Waals surface area contributed by atoms with Crippen LogP contribution >= 0.6 is 39.3 Å². The van der Waals surface area contributed by atoms with Crippen LogP contribution in [0.2, 0.25) is 5.02 Å². The summed E-state index contributed by atoms with van der Waals surface area (Å²) < 4.78 is 5.66. The van der Waals surface area contributed by atoms with Gasteiger partial charge in [-0.25, -0.2) is 9.78 Å². The van der Waals surface area contributed by atoms with Crippen molar-refractivity contribution in [3.8, 4) is 23.1 Å². The fourth-order valence-corrected chi connectivity index (χ4v) is 3.17. The number of thioether (sulfide) groups is 1. The maximum Gasteiger partial charge on any atom is 0.341 e. The summed E-state index contributed by atoms with van der Waals surface area (Å²) in [6, 6.07) is 4.76. The molecule has 0 fully saturated rings. The first kappa shape index (κ1) is 18.3. The smallest absolute Gasteiger partial charge is 0.341 e. The van der Waals surface area contributed by atoms with E-state index in [0.29, 0.717) is 14.7 Å². The number of nitrogens with zero attached hydrogens (tertiary/aromatic N) is 2. The third-order valence-corrected chi connectivity index (χ3v) is 4.19. The Labute approximate surface area is 153 Å². The molecular formula is C14H9BrClN3O4S. The summed E-state index contributed by atoms with van der Waals surface area (Å²) in [7, 11) is 0. The molecule has 24 heavy (non-hydrogen) atoms. The number of carboxylic acid groups (broad SMARTS) is 1. The first-order valence-electron chi connectivity index (χ1n) is 6.29. The average Bonchev–Trinajstić information content (AvgIpc) is 2.52. The van der Waals surface area contributed by atoms with Crippen molar-refractivity contribution < 1.29 is 14.6 Å². The van der Waals surface area contributed by atoms with Gasteiger partial charge in [-0.2, -0.15) is 5.26 Å². The van der Waals surface area contributed by atoms with E-state index in [4.69, 9.17) is 21.4 Å². The molecule has 0 saturated heterocycles. The molecule has 2 rings (SSSR count). The third-order valence-electron chi connectivity index (χ3n) is 2.81. The Kier molecular flexibility index (Phi) is 5.88. The number of hydrogen-bond acceptors (Lipinski definition) is 6. The van der Waals surface area contributed by atoms with Crippen LogP contribution in [0.15, 0.2) is 26.6 Å². The zero-order valence-electron chi connectivity index (χ0n) is 12.1. The number of aromatic nitrogens is 2. The second-order valence-corrected chi connectivity index (χ2v) is 6.44. The Morgan fingerprint density at radius 3 is 2.88 bits per heavy atom. The standard InChI is InChI=1S/C14H9BrClN3O4S/c1-24-14-18-11(8(4-17)13(22)19-14)7-2-6(16)3-9(15)12(7)23-5-10(20)21/h2-3H,5H2,1H3,(H,20,21)(H,18,19,22). The zero-order chi connectivity index (χ0) is 17.9. The van der Waals surface area contributed by atoms with Crippen LogP contribution in [0.5, 0.6) is 5.75 Å². The fourth-order valence-electron chi connectivity index (χ4n) is 1.86. The van der Waals surface area contributed by atoms with E-state index < -0.39 is 18.1 Å². The Hall–Kier alpha value is -2.02. The molecule has 0 spiro atoms. The summed E-state index contributed by atoms with van der Waals surface area (Å²) in [5, 5.41) is 18.7. The number of H-pyrrole nitrogens is 1. The van der Waals surface area contributed by atoms with E-state index in [0.717, 1.165) is 0 Å². The van der Waals surface area contributed by atoms with E-state index in [2.05, 4.69) is 25.9 Å². The predicted octanol–water partition coefficient (Wildman–Crippen LogP) is 2.91. The molecule has 10 heteroatoms. The van der Waals surface area contributed by atoms with Gasteiger partial charge in [-0.05, 0) is 34.3 Å². The van der Waals surface area contributed by atoms with Crippen LogP contribution in [0.1, 0.15) is 5.56 Å². The van der Waals surface area contributed by atoms with Gasteiger partial charge < -0.3 is 14.8 Å². The third kappa shape index (κ3) is 3.90. The summed E-state index contributed by atoms with van der Waals surface area (Å²) in [4.78, 5) is 29.6. The number of carbonyl (C=O) groups is 1. The highest BCUT2D eigenvalue weighted by Gasteiger charge is 2.20. The molecule has 7 nitrogen and oxygen atoms in total. The highest BCUT2D eigenvalue weighted by molar-refractivity contribution is 9.10. The van der Waals surface area contributed by atoms with Crippen molar-refractivity contribution in [3.05, 3.63) is 37.5 Å². The summed E-state index contributed by atoms with van der Waals surface area (Å²) >= 11 is 10.5. The second-order valence-electron chi connectivity index (χ2n) is 4.36. The largest absolute Gasteiger partial charge is 0.480 e. The summed E-state index contributed by atoms with van der Waals surface area (Å²) in [6.45, 7) is -0.603. The Morgan fingerprint density at radius 2 is 2.29 bits per heavy atom. The molecule has 1 aromatic heterocycles. The minimum absolute atomic E-state index is 0.0641. The lowest BCUT2D eigenvalue weighted by Gasteiger charge is -2.13. The number of rotatable bonds is 5. The minimum Gasteiger partial charge on any atom is -0.480 e. The first-order chi connectivity index (χ1) is 11.4. The molecule has 2 aromatic rings. The molecule has 2 N–H and O–H groups in total. The lowest BCUT2D eigenvalue weighted by Crippen LogP contribution is -2.15. The second kappa shape index (κ2) is 7.70. The van der Waals surface area contributed by atoms with Crippen molar-refractivity contribution in [1.82, 2.24) is 9.97 Å². The SMILES string of the molecule is CSc1nc(-c2cc(Cl)cc(Br)c2OCC(=O)O)c(C#N)c(=O)[nH]1. The summed E-state index contributed by atoms with van der Waals surface area (Å²) in [5.74, 6) is -1.05. The van der Waals surface area contributed by atoms with Crippen molar-refractivity contribution >= 4 is 45.3 Å². The van der Waals surface area contributed by atoms with Crippen molar-refractivity contribution in [1.29, 1.82) is 5.26 Å². The molecule has 0 aliphatic carbocycles. The van der Waals surface area contributed by atoms with E-state index in [1.165, 1.54) is 23.9 Å². The Bertz CT molecular complexity index is 910. The van der Waals surface area contributed by atoms with Crippen LogP contribution in [0.4, 0.5) is 0 Å². The van der Waals surface area contributed by atoms with Crippen LogP contribution in [0.25, 0.3) is 11.3 Å². The number of carboxylic acids is 1. The number of hydrogen-bond donors (Lipinski definition) is 2. The normalized spacial score (nSPS) is 10.2. The van der Waals surface area contributed by atoms with E-state index >= 15 is 0 Å². The van der Waals surface area contributed by atoms with Gasteiger partial charge in [0.2, 0.25) is 0 Å².